The molecule has 3 aromatic rings. The van der Waals surface area contributed by atoms with Crippen molar-refractivity contribution >= 4 is 28.3 Å². The third-order valence-electron chi connectivity index (χ3n) is 4.96. The monoisotopic (exact) mass is 441 g/mol. The Kier molecular flexibility index (Phi) is 5.94. The van der Waals surface area contributed by atoms with E-state index in [1.54, 1.807) is 24.5 Å². The Bertz CT molecular complexity index is 1130. The lowest BCUT2D eigenvalue weighted by Crippen LogP contribution is -2.20. The molecule has 8 nitrogen and oxygen atoms in total. The van der Waals surface area contributed by atoms with Gasteiger partial charge in [0.25, 0.3) is 0 Å². The zero-order valence-corrected chi connectivity index (χ0v) is 18.4. The fourth-order valence-electron chi connectivity index (χ4n) is 3.43. The van der Waals surface area contributed by atoms with E-state index >= 15 is 0 Å². The first-order chi connectivity index (χ1) is 15.0. The lowest BCUT2D eigenvalue weighted by atomic mass is 10.1. The van der Waals surface area contributed by atoms with Crippen LogP contribution in [0.25, 0.3) is 11.3 Å². The van der Waals surface area contributed by atoms with Gasteiger partial charge in [0.15, 0.2) is 16.6 Å². The lowest BCUT2D eigenvalue weighted by Gasteiger charge is -2.18. The van der Waals surface area contributed by atoms with Gasteiger partial charge in [-0.3, -0.25) is 4.79 Å². The van der Waals surface area contributed by atoms with Crippen LogP contribution in [-0.4, -0.2) is 41.2 Å². The number of amides is 1. The highest BCUT2D eigenvalue weighted by Crippen LogP contribution is 2.35. The number of esters is 1. The first-order valence-electron chi connectivity index (χ1n) is 9.95. The van der Waals surface area contributed by atoms with E-state index < -0.39 is 0 Å². The molecule has 1 aliphatic rings. The average molecular weight is 442 g/mol. The van der Waals surface area contributed by atoms with Crippen LogP contribution in [0.2, 0.25) is 0 Å². The van der Waals surface area contributed by atoms with Crippen LogP contribution in [0.15, 0.2) is 29.6 Å². The number of hydrogen-bond donors (Lipinski definition) is 1. The summed E-state index contributed by atoms with van der Waals surface area (Å²) in [6.45, 7) is 6.86. The number of carbonyl (C=O) groups excluding carboxylic acids is 2. The fourth-order valence-corrected chi connectivity index (χ4v) is 4.16. The number of hydrogen-bond acceptors (Lipinski definition) is 7. The largest absolute Gasteiger partial charge is 0.486 e. The van der Waals surface area contributed by atoms with Gasteiger partial charge in [0.05, 0.1) is 17.9 Å². The smallest absolute Gasteiger partial charge is 0.339 e. The second-order valence-electron chi connectivity index (χ2n) is 7.04. The van der Waals surface area contributed by atoms with E-state index in [9.17, 15) is 9.59 Å². The number of benzene rings is 1. The van der Waals surface area contributed by atoms with E-state index in [1.807, 2.05) is 30.5 Å². The number of carbonyl (C=O) groups is 2. The van der Waals surface area contributed by atoms with E-state index in [0.29, 0.717) is 42.0 Å². The first kappa shape index (κ1) is 20.9. The number of rotatable bonds is 6. The first-order valence-corrected chi connectivity index (χ1v) is 10.8. The maximum atomic E-state index is 12.6. The maximum Gasteiger partial charge on any atom is 0.339 e. The molecule has 31 heavy (non-hydrogen) atoms. The molecule has 162 valence electrons. The highest BCUT2D eigenvalue weighted by atomic mass is 32.1. The number of thiazole rings is 1. The van der Waals surface area contributed by atoms with Gasteiger partial charge in [0, 0.05) is 22.3 Å². The van der Waals surface area contributed by atoms with Gasteiger partial charge in [0.1, 0.15) is 19.8 Å². The lowest BCUT2D eigenvalue weighted by molar-refractivity contribution is -0.116. The molecule has 1 amide bonds. The predicted octanol–water partition coefficient (Wildman–Crippen LogP) is 3.82. The molecule has 2 aromatic heterocycles. The SMILES string of the molecule is CCOC(=O)c1cc(C)n(CC(=O)Nc2nc(-c3ccc4c(c3)OCCO4)cs2)c1C. The van der Waals surface area contributed by atoms with Crippen molar-refractivity contribution in [3.63, 3.8) is 0 Å². The Hall–Kier alpha value is -3.33. The van der Waals surface area contributed by atoms with Gasteiger partial charge >= 0.3 is 5.97 Å². The fraction of sp³-hybridized carbons (Fsp3) is 0.318. The van der Waals surface area contributed by atoms with Gasteiger partial charge in [-0.25, -0.2) is 9.78 Å². The van der Waals surface area contributed by atoms with Crippen LogP contribution in [0.5, 0.6) is 11.5 Å². The van der Waals surface area contributed by atoms with E-state index in [1.165, 1.54) is 11.3 Å². The average Bonchev–Trinajstić information content (AvgIpc) is 3.33. The van der Waals surface area contributed by atoms with Crippen LogP contribution in [-0.2, 0) is 16.1 Å². The summed E-state index contributed by atoms with van der Waals surface area (Å²) in [5, 5.41) is 5.22. The minimum absolute atomic E-state index is 0.0794. The molecule has 0 aliphatic carbocycles. The summed E-state index contributed by atoms with van der Waals surface area (Å²) < 4.78 is 18.0. The maximum absolute atomic E-state index is 12.6. The number of aryl methyl sites for hydroxylation is 1. The molecule has 0 saturated carbocycles. The number of nitrogens with zero attached hydrogens (tertiary/aromatic N) is 2. The Labute approximate surface area is 183 Å². The van der Waals surface area contributed by atoms with E-state index in [2.05, 4.69) is 10.3 Å². The van der Waals surface area contributed by atoms with Crippen LogP contribution < -0.4 is 14.8 Å². The molecular weight excluding hydrogens is 418 g/mol. The highest BCUT2D eigenvalue weighted by molar-refractivity contribution is 7.14. The Morgan fingerprint density at radius 1 is 1.19 bits per heavy atom. The Morgan fingerprint density at radius 2 is 1.97 bits per heavy atom. The second-order valence-corrected chi connectivity index (χ2v) is 7.89. The van der Waals surface area contributed by atoms with Crippen molar-refractivity contribution in [1.82, 2.24) is 9.55 Å². The van der Waals surface area contributed by atoms with Crippen LogP contribution >= 0.6 is 11.3 Å². The van der Waals surface area contributed by atoms with E-state index in [-0.39, 0.29) is 18.4 Å². The van der Waals surface area contributed by atoms with Gasteiger partial charge in [-0.15, -0.1) is 11.3 Å². The quantitative estimate of drug-likeness (QED) is 0.585. The number of ether oxygens (including phenoxy) is 3. The van der Waals surface area contributed by atoms with Gasteiger partial charge in [0.2, 0.25) is 5.91 Å². The van der Waals surface area contributed by atoms with Crippen LogP contribution in [0, 0.1) is 13.8 Å². The number of anilines is 1. The number of aromatic nitrogens is 2. The summed E-state index contributed by atoms with van der Waals surface area (Å²) in [6, 6.07) is 7.40. The Morgan fingerprint density at radius 3 is 2.74 bits per heavy atom. The van der Waals surface area contributed by atoms with Crippen molar-refractivity contribution in [3.05, 3.63) is 46.6 Å². The van der Waals surface area contributed by atoms with Crippen molar-refractivity contribution < 1.29 is 23.8 Å². The molecule has 1 aliphatic heterocycles. The molecular formula is C22H23N3O5S. The summed E-state index contributed by atoms with van der Waals surface area (Å²) in [7, 11) is 0. The third-order valence-corrected chi connectivity index (χ3v) is 5.72. The molecule has 9 heteroatoms. The molecule has 1 N–H and O–H groups in total. The standard InChI is InChI=1S/C22H23N3O5S/c1-4-28-21(27)16-9-13(2)25(14(16)3)11-20(26)24-22-23-17(12-31-22)15-5-6-18-19(10-15)30-8-7-29-18/h5-6,9-10,12H,4,7-8,11H2,1-3H3,(H,23,24,26). The van der Waals surface area contributed by atoms with Crippen LogP contribution in [0.3, 0.4) is 0 Å². The van der Waals surface area contributed by atoms with Crippen molar-refractivity contribution in [2.45, 2.75) is 27.3 Å². The predicted molar refractivity (Wildman–Crippen MR) is 117 cm³/mol. The van der Waals surface area contributed by atoms with Gasteiger partial charge < -0.3 is 24.1 Å². The van der Waals surface area contributed by atoms with Crippen molar-refractivity contribution in [2.75, 3.05) is 25.1 Å². The summed E-state index contributed by atoms with van der Waals surface area (Å²) >= 11 is 1.35. The molecule has 3 heterocycles. The minimum atomic E-state index is -0.383. The number of nitrogens with one attached hydrogen (secondary N) is 1. The zero-order chi connectivity index (χ0) is 22.0. The van der Waals surface area contributed by atoms with E-state index in [0.717, 1.165) is 22.7 Å². The third kappa shape index (κ3) is 4.41. The Balaban J connectivity index is 1.45. The summed E-state index contributed by atoms with van der Waals surface area (Å²) in [5.74, 6) is 0.809. The van der Waals surface area contributed by atoms with E-state index in [4.69, 9.17) is 14.2 Å². The molecule has 1 aromatic carbocycles. The molecule has 0 spiro atoms. The van der Waals surface area contributed by atoms with Crippen LogP contribution in [0.1, 0.15) is 28.7 Å². The van der Waals surface area contributed by atoms with Crippen LogP contribution in [0.4, 0.5) is 5.13 Å². The summed E-state index contributed by atoms with van der Waals surface area (Å²) in [6.07, 6.45) is 0. The summed E-state index contributed by atoms with van der Waals surface area (Å²) in [5.41, 5.74) is 3.61. The van der Waals surface area contributed by atoms with Gasteiger partial charge in [-0.1, -0.05) is 0 Å². The number of fused-ring (bicyclic) bond motifs is 1. The summed E-state index contributed by atoms with van der Waals surface area (Å²) in [4.78, 5) is 29.2. The molecule has 0 fully saturated rings. The molecule has 4 rings (SSSR count). The van der Waals surface area contributed by atoms with Crippen molar-refractivity contribution in [1.29, 1.82) is 0 Å². The minimum Gasteiger partial charge on any atom is -0.486 e. The topological polar surface area (TPSA) is 91.7 Å². The molecule has 0 saturated heterocycles. The normalized spacial score (nSPS) is 12.5. The zero-order valence-electron chi connectivity index (χ0n) is 17.6. The van der Waals surface area contributed by atoms with Gasteiger partial charge in [-0.05, 0) is 45.0 Å². The van der Waals surface area contributed by atoms with Crippen molar-refractivity contribution in [3.8, 4) is 22.8 Å². The molecule has 0 radical (unpaired) electrons. The molecule has 0 unspecified atom stereocenters. The van der Waals surface area contributed by atoms with Crippen molar-refractivity contribution in [2.24, 2.45) is 0 Å². The molecule has 0 bridgehead atoms. The highest BCUT2D eigenvalue weighted by Gasteiger charge is 2.19. The molecule has 0 atom stereocenters. The van der Waals surface area contributed by atoms with Gasteiger partial charge in [-0.2, -0.15) is 0 Å². The second kappa shape index (κ2) is 8.81.